The van der Waals surface area contributed by atoms with E-state index in [2.05, 4.69) is 30.5 Å². The first kappa shape index (κ1) is 21.9. The van der Waals surface area contributed by atoms with Gasteiger partial charge in [0.1, 0.15) is 12.1 Å². The van der Waals surface area contributed by atoms with Gasteiger partial charge in [-0.25, -0.2) is 15.0 Å². The Balaban J connectivity index is 1.59. The lowest BCUT2D eigenvalue weighted by Gasteiger charge is -2.31. The van der Waals surface area contributed by atoms with Crippen LogP contribution in [0.3, 0.4) is 0 Å². The maximum atomic E-state index is 11.6. The summed E-state index contributed by atoms with van der Waals surface area (Å²) in [5, 5.41) is 0.817. The summed E-state index contributed by atoms with van der Waals surface area (Å²) in [4.78, 5) is 27.9. The van der Waals surface area contributed by atoms with Gasteiger partial charge in [0.2, 0.25) is 5.91 Å². The number of aromatic nitrogens is 4. The molecule has 10 heteroatoms. The highest BCUT2D eigenvalue weighted by Gasteiger charge is 2.22. The summed E-state index contributed by atoms with van der Waals surface area (Å²) < 4.78 is 8.47. The lowest BCUT2D eigenvalue weighted by Crippen LogP contribution is -2.37. The topological polar surface area (TPSA) is 99.2 Å². The molecule has 1 aromatic carbocycles. The zero-order chi connectivity index (χ0) is 22.0. The second-order valence-electron chi connectivity index (χ2n) is 7.61. The number of piperidine rings is 1. The molecular formula is C21H25BrN6O2S. The van der Waals surface area contributed by atoms with Crippen LogP contribution in [-0.4, -0.2) is 50.5 Å². The Morgan fingerprint density at radius 2 is 2.10 bits per heavy atom. The van der Waals surface area contributed by atoms with E-state index in [0.29, 0.717) is 17.3 Å². The monoisotopic (exact) mass is 504 g/mol. The summed E-state index contributed by atoms with van der Waals surface area (Å²) in [6, 6.07) is 5.85. The molecule has 1 aliphatic heterocycles. The zero-order valence-corrected chi connectivity index (χ0v) is 19.9. The zero-order valence-electron chi connectivity index (χ0n) is 17.5. The number of rotatable bonds is 6. The number of aryl methyl sites for hydroxylation is 1. The van der Waals surface area contributed by atoms with E-state index < -0.39 is 0 Å². The molecule has 1 fully saturated rings. The summed E-state index contributed by atoms with van der Waals surface area (Å²) in [7, 11) is 1.65. The van der Waals surface area contributed by atoms with Gasteiger partial charge < -0.3 is 19.9 Å². The van der Waals surface area contributed by atoms with E-state index >= 15 is 0 Å². The van der Waals surface area contributed by atoms with Gasteiger partial charge in [-0.05, 0) is 59.3 Å². The van der Waals surface area contributed by atoms with E-state index in [0.717, 1.165) is 64.8 Å². The Kier molecular flexibility index (Phi) is 6.66. The minimum Gasteiger partial charge on any atom is -0.497 e. The number of hydrogen-bond donors (Lipinski definition) is 1. The van der Waals surface area contributed by atoms with Crippen molar-refractivity contribution in [1.82, 2.24) is 24.4 Å². The minimum absolute atomic E-state index is 0.161. The second kappa shape index (κ2) is 9.44. The molecule has 0 spiro atoms. The number of nitrogens with zero attached hydrogens (tertiary/aromatic N) is 5. The minimum atomic E-state index is 0.161. The molecule has 1 amide bonds. The van der Waals surface area contributed by atoms with Crippen molar-refractivity contribution in [2.45, 2.75) is 42.8 Å². The van der Waals surface area contributed by atoms with Crippen LogP contribution in [0.25, 0.3) is 11.2 Å². The number of hydrogen-bond acceptors (Lipinski definition) is 7. The van der Waals surface area contributed by atoms with Gasteiger partial charge in [0, 0.05) is 35.9 Å². The van der Waals surface area contributed by atoms with Gasteiger partial charge in [-0.2, -0.15) is 0 Å². The van der Waals surface area contributed by atoms with Crippen molar-refractivity contribution in [3.05, 3.63) is 29.0 Å². The van der Waals surface area contributed by atoms with Crippen LogP contribution in [0.15, 0.2) is 39.1 Å². The number of fused-ring (bicyclic) bond motifs is 1. The van der Waals surface area contributed by atoms with Crippen molar-refractivity contribution in [2.75, 3.05) is 25.9 Å². The average molecular weight is 505 g/mol. The number of carbonyl (C=O) groups is 1. The first-order chi connectivity index (χ1) is 15.0. The Morgan fingerprint density at radius 3 is 2.81 bits per heavy atom. The van der Waals surface area contributed by atoms with Gasteiger partial charge in [0.25, 0.3) is 0 Å². The van der Waals surface area contributed by atoms with Crippen molar-refractivity contribution in [2.24, 2.45) is 5.92 Å². The van der Waals surface area contributed by atoms with Gasteiger partial charge in [0.05, 0.1) is 7.11 Å². The number of halogens is 1. The van der Waals surface area contributed by atoms with E-state index in [-0.39, 0.29) is 5.91 Å². The number of nitrogens with two attached hydrogens (primary N) is 1. The third kappa shape index (κ3) is 4.79. The molecule has 0 saturated carbocycles. The summed E-state index contributed by atoms with van der Waals surface area (Å²) >= 11 is 5.17. The van der Waals surface area contributed by atoms with E-state index in [4.69, 9.17) is 15.5 Å². The standard InChI is InChI=1S/C21H25BrN6O2S/c1-13(29)27-8-5-14(6-9-27)7-10-28-20-18(19(23)24-12-25-20)26-21(28)31-17-11-15(30-2)3-4-16(17)22/h3-4,11-12,14H,5-10H2,1-2H3,(H2,23,24,25). The Morgan fingerprint density at radius 1 is 1.32 bits per heavy atom. The van der Waals surface area contributed by atoms with Gasteiger partial charge in [-0.3, -0.25) is 4.79 Å². The van der Waals surface area contributed by atoms with Crippen LogP contribution < -0.4 is 10.5 Å². The van der Waals surface area contributed by atoms with Crippen molar-refractivity contribution < 1.29 is 9.53 Å². The smallest absolute Gasteiger partial charge is 0.219 e. The number of likely N-dealkylation sites (tertiary alicyclic amines) is 1. The third-order valence-electron chi connectivity index (χ3n) is 5.69. The first-order valence-electron chi connectivity index (χ1n) is 10.2. The van der Waals surface area contributed by atoms with Crippen LogP contribution in [0, 0.1) is 5.92 Å². The maximum Gasteiger partial charge on any atom is 0.219 e. The van der Waals surface area contributed by atoms with Crippen molar-refractivity contribution >= 4 is 50.6 Å². The molecule has 0 atom stereocenters. The number of ether oxygens (including phenoxy) is 1. The highest BCUT2D eigenvalue weighted by Crippen LogP contribution is 2.37. The predicted octanol–water partition coefficient (Wildman–Crippen LogP) is 3.98. The fourth-order valence-electron chi connectivity index (χ4n) is 3.85. The van der Waals surface area contributed by atoms with Crippen molar-refractivity contribution in [3.63, 3.8) is 0 Å². The summed E-state index contributed by atoms with van der Waals surface area (Å²) in [6.45, 7) is 4.08. The van der Waals surface area contributed by atoms with Crippen LogP contribution in [0.1, 0.15) is 26.2 Å². The highest BCUT2D eigenvalue weighted by molar-refractivity contribution is 9.10. The Hall–Kier alpha value is -2.33. The lowest BCUT2D eigenvalue weighted by atomic mass is 9.93. The molecule has 0 radical (unpaired) electrons. The molecule has 2 aromatic heterocycles. The van der Waals surface area contributed by atoms with Gasteiger partial charge in [-0.15, -0.1) is 0 Å². The van der Waals surface area contributed by atoms with Crippen LogP contribution in [-0.2, 0) is 11.3 Å². The van der Waals surface area contributed by atoms with Crippen molar-refractivity contribution in [3.8, 4) is 5.75 Å². The largest absolute Gasteiger partial charge is 0.497 e. The summed E-state index contributed by atoms with van der Waals surface area (Å²) in [5.41, 5.74) is 7.45. The normalized spacial score (nSPS) is 14.9. The third-order valence-corrected chi connectivity index (χ3v) is 7.69. The van der Waals surface area contributed by atoms with Crippen LogP contribution in [0.5, 0.6) is 5.75 Å². The van der Waals surface area contributed by atoms with Crippen LogP contribution >= 0.6 is 27.7 Å². The predicted molar refractivity (Wildman–Crippen MR) is 124 cm³/mol. The van der Waals surface area contributed by atoms with Gasteiger partial charge >= 0.3 is 0 Å². The Bertz CT molecular complexity index is 1100. The molecular weight excluding hydrogens is 480 g/mol. The SMILES string of the molecule is COc1ccc(Br)c(Sc2nc3c(N)ncnc3n2CCC2CCN(C(C)=O)CC2)c1. The number of methoxy groups -OCH3 is 1. The summed E-state index contributed by atoms with van der Waals surface area (Å²) in [6.07, 6.45) is 4.52. The molecule has 3 aromatic rings. The molecule has 164 valence electrons. The lowest BCUT2D eigenvalue weighted by molar-refractivity contribution is -0.130. The van der Waals surface area contributed by atoms with E-state index in [1.807, 2.05) is 23.1 Å². The molecule has 2 N–H and O–H groups in total. The Labute approximate surface area is 193 Å². The van der Waals surface area contributed by atoms with E-state index in [9.17, 15) is 4.79 Å². The first-order valence-corrected chi connectivity index (χ1v) is 11.8. The van der Waals surface area contributed by atoms with Gasteiger partial charge in [-0.1, -0.05) is 11.8 Å². The quantitative estimate of drug-likeness (QED) is 0.541. The molecule has 4 rings (SSSR count). The van der Waals surface area contributed by atoms with Crippen LogP contribution in [0.2, 0.25) is 0 Å². The highest BCUT2D eigenvalue weighted by atomic mass is 79.9. The van der Waals surface area contributed by atoms with Crippen LogP contribution in [0.4, 0.5) is 5.82 Å². The number of carbonyl (C=O) groups excluding carboxylic acids is 1. The molecule has 3 heterocycles. The number of amides is 1. The average Bonchev–Trinajstić information content (AvgIpc) is 3.12. The molecule has 1 aliphatic rings. The van der Waals surface area contributed by atoms with E-state index in [1.54, 1.807) is 25.8 Å². The van der Waals surface area contributed by atoms with Gasteiger partial charge in [0.15, 0.2) is 22.1 Å². The molecule has 0 unspecified atom stereocenters. The van der Waals surface area contributed by atoms with Crippen molar-refractivity contribution in [1.29, 1.82) is 0 Å². The molecule has 0 bridgehead atoms. The fourth-order valence-corrected chi connectivity index (χ4v) is 5.30. The second-order valence-corrected chi connectivity index (χ2v) is 9.48. The molecule has 8 nitrogen and oxygen atoms in total. The summed E-state index contributed by atoms with van der Waals surface area (Å²) in [5.74, 6) is 1.89. The number of nitrogen functional groups attached to an aromatic ring is 1. The molecule has 31 heavy (non-hydrogen) atoms. The number of anilines is 1. The molecule has 1 saturated heterocycles. The fraction of sp³-hybridized carbons (Fsp3) is 0.429. The maximum absolute atomic E-state index is 11.6. The number of benzene rings is 1. The molecule has 0 aliphatic carbocycles. The van der Waals surface area contributed by atoms with E-state index in [1.165, 1.54) is 6.33 Å². The number of imidazole rings is 1.